The van der Waals surface area contributed by atoms with Gasteiger partial charge in [0.25, 0.3) is 0 Å². The number of benzene rings is 6. The average Bonchev–Trinajstić information content (AvgIpc) is 3.40. The predicted octanol–water partition coefficient (Wildman–Crippen LogP) is 9.69. The van der Waals surface area contributed by atoms with E-state index in [0.29, 0.717) is 5.69 Å². The Hall–Kier alpha value is -5.72. The number of rotatable bonds is 3. The monoisotopic (exact) mass is 521 g/mol. The van der Waals surface area contributed by atoms with Crippen LogP contribution >= 0.6 is 0 Å². The number of nitrogens with zero attached hydrogens (tertiary/aromatic N) is 3. The molecule has 3 nitrogen and oxygen atoms in total. The maximum Gasteiger partial charge on any atom is 0.141 e. The van der Waals surface area contributed by atoms with Crippen LogP contribution in [0, 0.1) is 11.3 Å². The number of nitriles is 1. The highest BCUT2D eigenvalue weighted by Crippen LogP contribution is 2.43. The van der Waals surface area contributed by atoms with E-state index in [4.69, 9.17) is 0 Å². The van der Waals surface area contributed by atoms with E-state index in [0.717, 1.165) is 22.4 Å². The maximum absolute atomic E-state index is 9.29. The molecule has 0 aliphatic rings. The van der Waals surface area contributed by atoms with Crippen molar-refractivity contribution in [3.63, 3.8) is 0 Å². The Labute approximate surface area is 237 Å². The number of hydrogen-bond acceptors (Lipinski definition) is 2. The molecule has 0 fully saturated rings. The minimum atomic E-state index is 0.421. The molecule has 3 heteroatoms. The van der Waals surface area contributed by atoms with Crippen LogP contribution in [-0.2, 0) is 0 Å². The fourth-order valence-corrected chi connectivity index (χ4v) is 6.25. The summed E-state index contributed by atoms with van der Waals surface area (Å²) in [6.45, 7) is 0. The maximum atomic E-state index is 9.29. The molecule has 0 aliphatic carbocycles. The molecule has 0 saturated heterocycles. The minimum absolute atomic E-state index is 0.421. The SMILES string of the molecule is N#Cc1cc(-c2ccc(-c3cc4c(c5ccccc35)c3c5ccccc5ccc3n4-c3ccccc3)cc2)ccn1. The molecular formula is C38H23N3. The summed E-state index contributed by atoms with van der Waals surface area (Å²) in [6, 6.07) is 49.5. The van der Waals surface area contributed by atoms with Crippen LogP contribution < -0.4 is 0 Å². The molecule has 0 bridgehead atoms. The fraction of sp³-hybridized carbons (Fsp3) is 0. The summed E-state index contributed by atoms with van der Waals surface area (Å²) >= 11 is 0. The molecule has 8 rings (SSSR count). The lowest BCUT2D eigenvalue weighted by molar-refractivity contribution is 1.18. The lowest BCUT2D eigenvalue weighted by Crippen LogP contribution is -1.94. The van der Waals surface area contributed by atoms with Crippen molar-refractivity contribution < 1.29 is 0 Å². The van der Waals surface area contributed by atoms with Crippen molar-refractivity contribution in [2.75, 3.05) is 0 Å². The van der Waals surface area contributed by atoms with Crippen molar-refractivity contribution in [3.05, 3.63) is 145 Å². The number of pyridine rings is 1. The van der Waals surface area contributed by atoms with E-state index < -0.39 is 0 Å². The van der Waals surface area contributed by atoms with Crippen molar-refractivity contribution in [3.8, 4) is 34.0 Å². The smallest absolute Gasteiger partial charge is 0.141 e. The Balaban J connectivity index is 1.45. The Morgan fingerprint density at radius 2 is 1.22 bits per heavy atom. The molecule has 8 aromatic rings. The summed E-state index contributed by atoms with van der Waals surface area (Å²) in [6.07, 6.45) is 1.69. The van der Waals surface area contributed by atoms with Gasteiger partial charge in [-0.1, -0.05) is 97.1 Å². The summed E-state index contributed by atoms with van der Waals surface area (Å²) in [5, 5.41) is 16.8. The predicted molar refractivity (Wildman–Crippen MR) is 169 cm³/mol. The first kappa shape index (κ1) is 23.2. The van der Waals surface area contributed by atoms with Crippen molar-refractivity contribution in [2.24, 2.45) is 0 Å². The fourth-order valence-electron chi connectivity index (χ4n) is 6.25. The van der Waals surface area contributed by atoms with Gasteiger partial charge in [-0.05, 0) is 80.2 Å². The van der Waals surface area contributed by atoms with Crippen LogP contribution in [0.25, 0.3) is 71.3 Å². The third kappa shape index (κ3) is 3.62. The Morgan fingerprint density at radius 1 is 0.537 bits per heavy atom. The first-order chi connectivity index (χ1) is 20.3. The summed E-state index contributed by atoms with van der Waals surface area (Å²) in [5.41, 5.74) is 8.34. The number of fused-ring (bicyclic) bond motifs is 7. The summed E-state index contributed by atoms with van der Waals surface area (Å²) < 4.78 is 2.40. The third-order valence-corrected chi connectivity index (χ3v) is 8.08. The van der Waals surface area contributed by atoms with Gasteiger partial charge >= 0.3 is 0 Å². The molecule has 0 aliphatic heterocycles. The second-order valence-electron chi connectivity index (χ2n) is 10.3. The van der Waals surface area contributed by atoms with Crippen LogP contribution in [0.5, 0.6) is 0 Å². The zero-order valence-corrected chi connectivity index (χ0v) is 22.1. The summed E-state index contributed by atoms with van der Waals surface area (Å²) in [7, 11) is 0. The number of aromatic nitrogens is 2. The molecule has 0 N–H and O–H groups in total. The van der Waals surface area contributed by atoms with Crippen LogP contribution in [0.4, 0.5) is 0 Å². The minimum Gasteiger partial charge on any atom is -0.309 e. The van der Waals surface area contributed by atoms with Gasteiger partial charge in [0.15, 0.2) is 0 Å². The van der Waals surface area contributed by atoms with Crippen LogP contribution in [0.15, 0.2) is 140 Å². The van der Waals surface area contributed by atoms with Gasteiger partial charge < -0.3 is 4.57 Å². The highest BCUT2D eigenvalue weighted by molar-refractivity contribution is 6.30. The molecular weight excluding hydrogens is 498 g/mol. The van der Waals surface area contributed by atoms with Gasteiger partial charge in [0.2, 0.25) is 0 Å². The Bertz CT molecular complexity index is 2300. The van der Waals surface area contributed by atoms with E-state index in [1.807, 2.05) is 12.1 Å². The molecule has 2 aromatic heterocycles. The van der Waals surface area contributed by atoms with Gasteiger partial charge in [-0.15, -0.1) is 0 Å². The molecule has 0 saturated carbocycles. The molecule has 0 radical (unpaired) electrons. The summed E-state index contributed by atoms with van der Waals surface area (Å²) in [5.74, 6) is 0. The zero-order chi connectivity index (χ0) is 27.3. The van der Waals surface area contributed by atoms with Crippen molar-refractivity contribution in [2.45, 2.75) is 0 Å². The van der Waals surface area contributed by atoms with Crippen LogP contribution in [0.2, 0.25) is 0 Å². The zero-order valence-electron chi connectivity index (χ0n) is 22.1. The van der Waals surface area contributed by atoms with Gasteiger partial charge in [0.1, 0.15) is 11.8 Å². The van der Waals surface area contributed by atoms with E-state index in [2.05, 4.69) is 137 Å². The van der Waals surface area contributed by atoms with E-state index in [-0.39, 0.29) is 0 Å². The lowest BCUT2D eigenvalue weighted by atomic mass is 9.93. The van der Waals surface area contributed by atoms with Crippen molar-refractivity contribution in [1.29, 1.82) is 5.26 Å². The highest BCUT2D eigenvalue weighted by Gasteiger charge is 2.19. The summed E-state index contributed by atoms with van der Waals surface area (Å²) in [4.78, 5) is 4.12. The Morgan fingerprint density at radius 3 is 2.02 bits per heavy atom. The molecule has 2 heterocycles. The van der Waals surface area contributed by atoms with Crippen LogP contribution in [0.1, 0.15) is 5.69 Å². The first-order valence-electron chi connectivity index (χ1n) is 13.7. The third-order valence-electron chi connectivity index (χ3n) is 8.08. The topological polar surface area (TPSA) is 41.6 Å². The van der Waals surface area contributed by atoms with Gasteiger partial charge in [0, 0.05) is 22.7 Å². The second-order valence-corrected chi connectivity index (χ2v) is 10.3. The molecule has 0 amide bonds. The molecule has 0 spiro atoms. The molecule has 41 heavy (non-hydrogen) atoms. The van der Waals surface area contributed by atoms with E-state index in [1.54, 1.807) is 6.20 Å². The molecule has 0 atom stereocenters. The quantitative estimate of drug-likeness (QED) is 0.232. The Kier molecular flexibility index (Phi) is 5.20. The normalized spacial score (nSPS) is 11.4. The van der Waals surface area contributed by atoms with Gasteiger partial charge in [0.05, 0.1) is 11.0 Å². The van der Waals surface area contributed by atoms with E-state index in [1.165, 1.54) is 48.9 Å². The molecule has 0 unspecified atom stereocenters. The van der Waals surface area contributed by atoms with Gasteiger partial charge in [-0.3, -0.25) is 0 Å². The standard InChI is InChI=1S/C38H23N3/c39-24-29-22-28(20-21-40-29)25-14-16-27(17-15-25)34-23-36-38(33-13-7-6-12-32(33)34)37-31-11-5-4-8-26(31)18-19-35(37)41(36)30-9-2-1-3-10-30/h1-23H. The lowest BCUT2D eigenvalue weighted by Gasteiger charge is -2.13. The van der Waals surface area contributed by atoms with Crippen LogP contribution in [0.3, 0.4) is 0 Å². The van der Waals surface area contributed by atoms with Crippen molar-refractivity contribution >= 4 is 43.4 Å². The average molecular weight is 522 g/mol. The van der Waals surface area contributed by atoms with Gasteiger partial charge in [-0.25, -0.2) is 4.98 Å². The number of para-hydroxylation sites is 1. The van der Waals surface area contributed by atoms with E-state index in [9.17, 15) is 5.26 Å². The molecule has 190 valence electrons. The van der Waals surface area contributed by atoms with Crippen molar-refractivity contribution in [1.82, 2.24) is 9.55 Å². The second kappa shape index (κ2) is 9.19. The molecule has 6 aromatic carbocycles. The van der Waals surface area contributed by atoms with Crippen LogP contribution in [-0.4, -0.2) is 9.55 Å². The highest BCUT2D eigenvalue weighted by atomic mass is 15.0. The number of hydrogen-bond donors (Lipinski definition) is 0. The van der Waals surface area contributed by atoms with E-state index >= 15 is 0 Å². The van der Waals surface area contributed by atoms with Gasteiger partial charge in [-0.2, -0.15) is 5.26 Å². The largest absolute Gasteiger partial charge is 0.309 e. The first-order valence-corrected chi connectivity index (χ1v) is 13.7.